The van der Waals surface area contributed by atoms with Crippen LogP contribution in [0, 0.1) is 22.7 Å². The van der Waals surface area contributed by atoms with Crippen LogP contribution in [0.3, 0.4) is 0 Å². The van der Waals surface area contributed by atoms with E-state index < -0.39 is 34.9 Å². The van der Waals surface area contributed by atoms with Crippen LogP contribution in [-0.4, -0.2) is 28.9 Å². The molecule has 0 aromatic heterocycles. The summed E-state index contributed by atoms with van der Waals surface area (Å²) in [5, 5.41) is 40.3. The number of ether oxygens (including phenoxy) is 1. The van der Waals surface area contributed by atoms with Crippen molar-refractivity contribution in [2.24, 2.45) is 0 Å². The lowest BCUT2D eigenvalue weighted by Crippen LogP contribution is -2.19. The number of rotatable bonds is 7. The lowest BCUT2D eigenvalue weighted by molar-refractivity contribution is 0.0962. The first-order chi connectivity index (χ1) is 15.4. The van der Waals surface area contributed by atoms with Gasteiger partial charge in [-0.05, 0) is 11.6 Å². The third-order valence-corrected chi connectivity index (χ3v) is 5.01. The second-order valence-electron chi connectivity index (χ2n) is 6.87. The molecule has 0 fully saturated rings. The van der Waals surface area contributed by atoms with Crippen molar-refractivity contribution in [3.8, 4) is 29.4 Å². The monoisotopic (exact) mass is 426 g/mol. The summed E-state index contributed by atoms with van der Waals surface area (Å²) >= 11 is 0. The average Bonchev–Trinajstić information content (AvgIpc) is 2.83. The number of phenolic OH excluding ortho intramolecular Hbond substituents is 2. The molecule has 7 heteroatoms. The molecular formula is C25H18N2O5. The van der Waals surface area contributed by atoms with Gasteiger partial charge < -0.3 is 14.9 Å². The number of nitriles is 2. The maximum absolute atomic E-state index is 13.2. The van der Waals surface area contributed by atoms with Gasteiger partial charge in [0.15, 0.2) is 23.1 Å². The van der Waals surface area contributed by atoms with Crippen molar-refractivity contribution in [1.82, 2.24) is 0 Å². The van der Waals surface area contributed by atoms with Gasteiger partial charge in [0.1, 0.15) is 11.8 Å². The first kappa shape index (κ1) is 22.1. The molecule has 2 unspecified atom stereocenters. The van der Waals surface area contributed by atoms with Crippen molar-refractivity contribution in [2.75, 3.05) is 7.11 Å². The molecule has 0 amide bonds. The zero-order valence-electron chi connectivity index (χ0n) is 17.0. The summed E-state index contributed by atoms with van der Waals surface area (Å²) in [6.45, 7) is 0. The summed E-state index contributed by atoms with van der Waals surface area (Å²) in [5.41, 5.74) is 0.223. The van der Waals surface area contributed by atoms with Crippen LogP contribution in [0.25, 0.3) is 0 Å². The second kappa shape index (κ2) is 9.46. The highest BCUT2D eigenvalue weighted by atomic mass is 16.5. The van der Waals surface area contributed by atoms with E-state index in [0.29, 0.717) is 0 Å². The predicted octanol–water partition coefficient (Wildman–Crippen LogP) is 4.09. The first-order valence-electron chi connectivity index (χ1n) is 9.55. The molecule has 0 heterocycles. The Hall–Kier alpha value is -4.62. The van der Waals surface area contributed by atoms with Crippen molar-refractivity contribution in [3.63, 3.8) is 0 Å². The minimum absolute atomic E-state index is 0.0932. The largest absolute Gasteiger partial charge is 0.504 e. The number of hydrogen-bond acceptors (Lipinski definition) is 7. The van der Waals surface area contributed by atoms with Gasteiger partial charge in [0.25, 0.3) is 0 Å². The maximum atomic E-state index is 13.2. The van der Waals surface area contributed by atoms with Crippen molar-refractivity contribution in [1.29, 1.82) is 10.5 Å². The van der Waals surface area contributed by atoms with Gasteiger partial charge in [-0.25, -0.2) is 0 Å². The van der Waals surface area contributed by atoms with Gasteiger partial charge in [0, 0.05) is 16.7 Å². The van der Waals surface area contributed by atoms with Gasteiger partial charge in [0.05, 0.1) is 19.2 Å². The fourth-order valence-corrected chi connectivity index (χ4v) is 3.47. The molecule has 0 radical (unpaired) electrons. The number of Topliss-reactive ketones (excluding diaryl/α,β-unsaturated/α-hetero) is 2. The molecule has 0 spiro atoms. The number of aromatic hydroxyl groups is 2. The van der Waals surface area contributed by atoms with Crippen molar-refractivity contribution in [2.45, 2.75) is 11.8 Å². The van der Waals surface area contributed by atoms with E-state index in [9.17, 15) is 30.3 Å². The van der Waals surface area contributed by atoms with Crippen LogP contribution in [0.1, 0.15) is 43.7 Å². The highest BCUT2D eigenvalue weighted by molar-refractivity contribution is 6.06. The summed E-state index contributed by atoms with van der Waals surface area (Å²) in [6.07, 6.45) is 0. The number of nitrogens with zero attached hydrogens (tertiary/aromatic N) is 2. The van der Waals surface area contributed by atoms with E-state index >= 15 is 0 Å². The second-order valence-corrected chi connectivity index (χ2v) is 6.87. The van der Waals surface area contributed by atoms with E-state index in [1.807, 2.05) is 12.1 Å². The third-order valence-electron chi connectivity index (χ3n) is 5.01. The zero-order valence-corrected chi connectivity index (χ0v) is 17.0. The lowest BCUT2D eigenvalue weighted by atomic mass is 9.81. The van der Waals surface area contributed by atoms with Gasteiger partial charge >= 0.3 is 0 Å². The number of hydrogen-bond donors (Lipinski definition) is 2. The van der Waals surface area contributed by atoms with E-state index in [1.165, 1.54) is 31.4 Å². The average molecular weight is 426 g/mol. The number of methoxy groups -OCH3 is 1. The van der Waals surface area contributed by atoms with Gasteiger partial charge in [0.2, 0.25) is 5.75 Å². The third kappa shape index (κ3) is 4.00. The summed E-state index contributed by atoms with van der Waals surface area (Å²) in [6, 6.07) is 20.9. The molecule has 7 nitrogen and oxygen atoms in total. The number of benzene rings is 3. The number of phenols is 2. The van der Waals surface area contributed by atoms with E-state index in [0.717, 1.165) is 6.07 Å². The fraction of sp³-hybridized carbons (Fsp3) is 0.120. The summed E-state index contributed by atoms with van der Waals surface area (Å²) in [5.74, 6) is -5.87. The van der Waals surface area contributed by atoms with Crippen LogP contribution < -0.4 is 4.74 Å². The van der Waals surface area contributed by atoms with Gasteiger partial charge in [-0.15, -0.1) is 0 Å². The Morgan fingerprint density at radius 2 is 1.31 bits per heavy atom. The maximum Gasteiger partial charge on any atom is 0.200 e. The first-order valence-corrected chi connectivity index (χ1v) is 9.55. The summed E-state index contributed by atoms with van der Waals surface area (Å²) in [4.78, 5) is 26.3. The SMILES string of the molecule is COc1c(O)c(O)cc(C(C#N)C(=O)c2ccccc2)c1C(C#N)C(=O)c1ccccc1. The van der Waals surface area contributed by atoms with Crippen LogP contribution in [-0.2, 0) is 0 Å². The highest BCUT2D eigenvalue weighted by Crippen LogP contribution is 2.46. The molecule has 0 saturated heterocycles. The van der Waals surface area contributed by atoms with Crippen LogP contribution in [0.2, 0.25) is 0 Å². The van der Waals surface area contributed by atoms with Crippen LogP contribution in [0.4, 0.5) is 0 Å². The molecule has 2 atom stereocenters. The predicted molar refractivity (Wildman–Crippen MR) is 115 cm³/mol. The number of carbonyl (C=O) groups is 2. The minimum atomic E-state index is -1.51. The molecule has 158 valence electrons. The Kier molecular flexibility index (Phi) is 6.53. The standard InChI is InChI=1S/C25H18N2O5/c1-32-25-21(19(14-27)23(30)16-10-6-3-7-11-16)17(12-20(28)24(25)31)18(13-26)22(29)15-8-4-2-5-9-15/h2-12,18-19,28,31H,1H3. The Morgan fingerprint density at radius 3 is 1.75 bits per heavy atom. The van der Waals surface area contributed by atoms with Crippen LogP contribution in [0.5, 0.6) is 17.2 Å². The molecule has 2 N–H and O–H groups in total. The molecule has 0 aliphatic carbocycles. The van der Waals surface area contributed by atoms with Crippen LogP contribution >= 0.6 is 0 Å². The van der Waals surface area contributed by atoms with Crippen LogP contribution in [0.15, 0.2) is 66.7 Å². The Bertz CT molecular complexity index is 1240. The Labute approximate surface area is 184 Å². The molecule has 0 bridgehead atoms. The Balaban J connectivity index is 2.26. The number of ketones is 2. The normalized spacial score (nSPS) is 12.1. The molecule has 0 aliphatic heterocycles. The molecule has 3 aromatic carbocycles. The fourth-order valence-electron chi connectivity index (χ4n) is 3.47. The highest BCUT2D eigenvalue weighted by Gasteiger charge is 2.35. The topological polar surface area (TPSA) is 131 Å². The lowest BCUT2D eigenvalue weighted by Gasteiger charge is -2.21. The molecule has 3 aromatic rings. The van der Waals surface area contributed by atoms with Gasteiger partial charge in [-0.1, -0.05) is 60.7 Å². The Morgan fingerprint density at radius 1 is 0.844 bits per heavy atom. The molecule has 0 aliphatic rings. The quantitative estimate of drug-likeness (QED) is 0.430. The van der Waals surface area contributed by atoms with Crippen molar-refractivity contribution in [3.05, 3.63) is 89.0 Å². The van der Waals surface area contributed by atoms with E-state index in [4.69, 9.17) is 4.74 Å². The zero-order chi connectivity index (χ0) is 23.3. The van der Waals surface area contributed by atoms with Gasteiger partial charge in [-0.3, -0.25) is 9.59 Å². The molecule has 3 rings (SSSR count). The van der Waals surface area contributed by atoms with Crippen molar-refractivity contribution < 1.29 is 24.5 Å². The molecular weight excluding hydrogens is 408 g/mol. The number of carbonyl (C=O) groups excluding carboxylic acids is 2. The summed E-state index contributed by atoms with van der Waals surface area (Å²) in [7, 11) is 1.18. The minimum Gasteiger partial charge on any atom is -0.504 e. The summed E-state index contributed by atoms with van der Waals surface area (Å²) < 4.78 is 5.21. The van der Waals surface area contributed by atoms with Crippen molar-refractivity contribution >= 4 is 11.6 Å². The van der Waals surface area contributed by atoms with E-state index in [2.05, 4.69) is 0 Å². The smallest absolute Gasteiger partial charge is 0.200 e. The van der Waals surface area contributed by atoms with Gasteiger partial charge in [-0.2, -0.15) is 10.5 Å². The molecule has 32 heavy (non-hydrogen) atoms. The van der Waals surface area contributed by atoms with E-state index in [-0.39, 0.29) is 28.0 Å². The molecule has 0 saturated carbocycles. The van der Waals surface area contributed by atoms with E-state index in [1.54, 1.807) is 36.4 Å².